The molecule has 1 aliphatic carbocycles. The van der Waals surface area contributed by atoms with E-state index in [0.717, 1.165) is 81.3 Å². The molecule has 0 aliphatic heterocycles. The molecule has 0 heterocycles. The van der Waals surface area contributed by atoms with Gasteiger partial charge in [-0.15, -0.1) is 0 Å². The fourth-order valence-electron chi connectivity index (χ4n) is 4.72. The topological polar surface area (TPSA) is 60.5 Å². The Morgan fingerprint density at radius 1 is 0.891 bits per heavy atom. The van der Waals surface area contributed by atoms with Gasteiger partial charge in [-0.3, -0.25) is 15.8 Å². The molecular weight excluding hydrogens is 562 g/mol. The first kappa shape index (κ1) is 41.0. The van der Waals surface area contributed by atoms with Crippen molar-refractivity contribution in [2.75, 3.05) is 32.7 Å². The van der Waals surface area contributed by atoms with Crippen molar-refractivity contribution in [3.05, 3.63) is 107 Å². The summed E-state index contributed by atoms with van der Waals surface area (Å²) < 4.78 is 0. The number of aliphatic imine (C=N–C) groups is 1. The molecule has 46 heavy (non-hydrogen) atoms. The molecule has 4 N–H and O–H groups in total. The molecule has 0 bridgehead atoms. The lowest BCUT2D eigenvalue weighted by Gasteiger charge is -2.10. The van der Waals surface area contributed by atoms with E-state index in [-0.39, 0.29) is 0 Å². The molecule has 0 radical (unpaired) electrons. The molecule has 5 nitrogen and oxygen atoms in total. The minimum atomic E-state index is 0.721. The molecule has 0 aromatic heterocycles. The zero-order valence-electron chi connectivity index (χ0n) is 30.5. The lowest BCUT2D eigenvalue weighted by Crippen LogP contribution is -2.33. The highest BCUT2D eigenvalue weighted by atomic mass is 15.3. The summed E-state index contributed by atoms with van der Waals surface area (Å²) in [5, 5.41) is 7.12. The Morgan fingerprint density at radius 2 is 1.70 bits per heavy atom. The largest absolute Gasteiger partial charge is 0.362 e. The maximum absolute atomic E-state index is 4.79. The smallest absolute Gasteiger partial charge is 0.0390 e. The lowest BCUT2D eigenvalue weighted by molar-refractivity contribution is 0.533. The molecule has 1 aliphatic rings. The first-order valence-corrected chi connectivity index (χ1v) is 17.9. The van der Waals surface area contributed by atoms with Crippen molar-refractivity contribution >= 4 is 5.71 Å². The zero-order valence-corrected chi connectivity index (χ0v) is 30.5. The molecular formula is C41H67N5. The van der Waals surface area contributed by atoms with Crippen LogP contribution in [-0.2, 0) is 0 Å². The number of nitrogens with one attached hydrogen (secondary N) is 4. The van der Waals surface area contributed by atoms with E-state index in [2.05, 4.69) is 137 Å². The van der Waals surface area contributed by atoms with Crippen molar-refractivity contribution < 1.29 is 0 Å². The van der Waals surface area contributed by atoms with Crippen molar-refractivity contribution in [3.8, 4) is 0 Å². The van der Waals surface area contributed by atoms with Crippen molar-refractivity contribution in [3.63, 3.8) is 0 Å². The third-order valence-corrected chi connectivity index (χ3v) is 7.86. The van der Waals surface area contributed by atoms with Gasteiger partial charge in [0.1, 0.15) is 0 Å². The average molecular weight is 630 g/mol. The van der Waals surface area contributed by atoms with Gasteiger partial charge in [0.25, 0.3) is 0 Å². The standard InChI is InChI=1S/C41H67N5/c1-9-14-17-29-45-46-31-34(6)23-26-40(43-27-11-3)22-16-15-21-38(12-4)35(7)20-18-28-44-41(19-10-2)30-39(13-5)36(8)32-42-33-37-24-25-37/h10,15-16,18-21,23,26,28,30,37,42,44-46H,6,9,11-14,17,22,24-25,27,29,31-33H2,1-5,7-8H3/b16-15-,19-10+,26-23-,28-18-,35-20+,38-21+,39-36+,41-30+,43-40-. The number of unbranched alkanes of at least 4 members (excludes halogenated alkanes) is 2. The fourth-order valence-corrected chi connectivity index (χ4v) is 4.72. The van der Waals surface area contributed by atoms with Gasteiger partial charge in [0.05, 0.1) is 0 Å². The van der Waals surface area contributed by atoms with Crippen molar-refractivity contribution in [2.45, 2.75) is 106 Å². The van der Waals surface area contributed by atoms with Crippen LogP contribution in [0.4, 0.5) is 0 Å². The zero-order chi connectivity index (χ0) is 33.8. The van der Waals surface area contributed by atoms with E-state index in [1.54, 1.807) is 0 Å². The van der Waals surface area contributed by atoms with E-state index in [0.29, 0.717) is 0 Å². The molecule has 0 atom stereocenters. The summed E-state index contributed by atoms with van der Waals surface area (Å²) in [7, 11) is 0. The average Bonchev–Trinajstić information content (AvgIpc) is 3.88. The summed E-state index contributed by atoms with van der Waals surface area (Å²) in [4.78, 5) is 4.79. The molecule has 256 valence electrons. The van der Waals surface area contributed by atoms with Gasteiger partial charge in [0, 0.05) is 50.2 Å². The summed E-state index contributed by atoms with van der Waals surface area (Å²) in [6, 6.07) is 0. The minimum absolute atomic E-state index is 0.721. The number of rotatable bonds is 26. The number of hydrogen-bond acceptors (Lipinski definition) is 5. The predicted molar refractivity (Wildman–Crippen MR) is 206 cm³/mol. The molecule has 0 aromatic carbocycles. The molecule has 0 spiro atoms. The van der Waals surface area contributed by atoms with E-state index in [1.165, 1.54) is 54.4 Å². The van der Waals surface area contributed by atoms with Crippen LogP contribution in [0, 0.1) is 5.92 Å². The van der Waals surface area contributed by atoms with Gasteiger partial charge in [-0.1, -0.05) is 89.1 Å². The first-order chi connectivity index (χ1) is 22.4. The monoisotopic (exact) mass is 630 g/mol. The highest BCUT2D eigenvalue weighted by Gasteiger charge is 2.20. The molecule has 0 unspecified atom stereocenters. The van der Waals surface area contributed by atoms with Crippen molar-refractivity contribution in [1.29, 1.82) is 0 Å². The number of allylic oxidation sites excluding steroid dienone is 12. The Balaban J connectivity index is 2.74. The second-order valence-electron chi connectivity index (χ2n) is 12.2. The number of nitrogens with zero attached hydrogens (tertiary/aromatic N) is 1. The van der Waals surface area contributed by atoms with Crippen LogP contribution < -0.4 is 21.5 Å². The summed E-state index contributed by atoms with van der Waals surface area (Å²) in [5.74, 6) is 0.904. The van der Waals surface area contributed by atoms with Crippen LogP contribution in [0.2, 0.25) is 0 Å². The third-order valence-electron chi connectivity index (χ3n) is 7.86. The lowest BCUT2D eigenvalue weighted by atomic mass is 10.0. The number of hydrogen-bond donors (Lipinski definition) is 4. The van der Waals surface area contributed by atoms with Gasteiger partial charge in [-0.25, -0.2) is 0 Å². The van der Waals surface area contributed by atoms with E-state index in [4.69, 9.17) is 4.99 Å². The van der Waals surface area contributed by atoms with Gasteiger partial charge >= 0.3 is 0 Å². The first-order valence-electron chi connectivity index (χ1n) is 17.9. The maximum atomic E-state index is 4.79. The second-order valence-corrected chi connectivity index (χ2v) is 12.2. The van der Waals surface area contributed by atoms with Gasteiger partial charge in [0.2, 0.25) is 0 Å². The molecule has 1 saturated carbocycles. The van der Waals surface area contributed by atoms with Crippen LogP contribution in [0.15, 0.2) is 112 Å². The second kappa shape index (κ2) is 27.2. The molecule has 0 amide bonds. The Morgan fingerprint density at radius 3 is 2.37 bits per heavy atom. The fraction of sp³-hybridized carbons (Fsp3) is 0.537. The Labute approximate surface area is 283 Å². The summed E-state index contributed by atoms with van der Waals surface area (Å²) in [6.07, 6.45) is 33.9. The Bertz CT molecular complexity index is 1140. The van der Waals surface area contributed by atoms with Crippen LogP contribution in [0.3, 0.4) is 0 Å². The number of hydrazine groups is 1. The summed E-state index contributed by atoms with van der Waals surface area (Å²) in [5.41, 5.74) is 15.1. The molecule has 0 aromatic rings. The Hall–Kier alpha value is -2.99. The molecule has 5 heteroatoms. The normalized spacial score (nSPS) is 16.1. The maximum Gasteiger partial charge on any atom is 0.0390 e. The molecule has 1 fully saturated rings. The van der Waals surface area contributed by atoms with Crippen LogP contribution >= 0.6 is 0 Å². The summed E-state index contributed by atoms with van der Waals surface area (Å²) >= 11 is 0. The van der Waals surface area contributed by atoms with Crippen LogP contribution in [0.5, 0.6) is 0 Å². The van der Waals surface area contributed by atoms with Gasteiger partial charge in [0.15, 0.2) is 0 Å². The molecule has 0 saturated heterocycles. The van der Waals surface area contributed by atoms with Gasteiger partial charge in [-0.2, -0.15) is 0 Å². The van der Waals surface area contributed by atoms with Crippen molar-refractivity contribution in [1.82, 2.24) is 21.5 Å². The SMILES string of the molecule is C=C(/C=C\C(C\C=C/C=C(CC)/C(C)=C/C=C\NC(/C=C/C)=C/C(CC)=C(\C)CNCC1CC1)=N/CCC)CNNCCCCC. The van der Waals surface area contributed by atoms with Gasteiger partial charge < -0.3 is 10.6 Å². The Kier molecular flexibility index (Phi) is 24.2. The van der Waals surface area contributed by atoms with Crippen molar-refractivity contribution in [2.24, 2.45) is 10.9 Å². The van der Waals surface area contributed by atoms with Gasteiger partial charge in [-0.05, 0) is 118 Å². The van der Waals surface area contributed by atoms with Crippen LogP contribution in [0.1, 0.15) is 106 Å². The van der Waals surface area contributed by atoms with E-state index in [1.807, 2.05) is 6.20 Å². The molecule has 1 rings (SSSR count). The van der Waals surface area contributed by atoms with E-state index in [9.17, 15) is 0 Å². The van der Waals surface area contributed by atoms with Crippen LogP contribution in [0.25, 0.3) is 0 Å². The minimum Gasteiger partial charge on any atom is -0.362 e. The van der Waals surface area contributed by atoms with E-state index < -0.39 is 0 Å². The predicted octanol–water partition coefficient (Wildman–Crippen LogP) is 9.75. The van der Waals surface area contributed by atoms with E-state index >= 15 is 0 Å². The quantitative estimate of drug-likeness (QED) is 0.0333. The highest BCUT2D eigenvalue weighted by molar-refractivity contribution is 5.96. The highest BCUT2D eigenvalue weighted by Crippen LogP contribution is 2.27. The third kappa shape index (κ3) is 20.9. The van der Waals surface area contributed by atoms with Crippen LogP contribution in [-0.4, -0.2) is 38.4 Å². The summed E-state index contributed by atoms with van der Waals surface area (Å²) in [6.45, 7) is 24.2.